The molecule has 14 heteroatoms. The number of alkyl halides is 3. The molecule has 0 spiro atoms. The Labute approximate surface area is 225 Å². The summed E-state index contributed by atoms with van der Waals surface area (Å²) in [6.45, 7) is 3.16. The highest BCUT2D eigenvalue weighted by atomic mass is 32.2. The summed E-state index contributed by atoms with van der Waals surface area (Å²) in [6.07, 6.45) is 4.47. The number of urea groups is 2. The second-order valence-corrected chi connectivity index (χ2v) is 10.2. The van der Waals surface area contributed by atoms with Gasteiger partial charge in [-0.3, -0.25) is 9.78 Å². The standard InChI is InChI=1S/C24H21F3N6O3S2/c1-23(2)20(34)32(17-5-7-18(8-6-17)38-24(25,26)27)22(36)31(23)14-15-9-11-29-19(12-15)33(37)21(35)30-16-4-3-10-28-13-16/h3-13,37H,14H2,1-2H3,(H,30,35). The van der Waals surface area contributed by atoms with Crippen LogP contribution in [0.2, 0.25) is 0 Å². The van der Waals surface area contributed by atoms with Crippen molar-refractivity contribution in [2.24, 2.45) is 0 Å². The first-order valence-corrected chi connectivity index (χ1v) is 12.3. The predicted molar refractivity (Wildman–Crippen MR) is 140 cm³/mol. The molecule has 4 rings (SSSR count). The molecule has 1 aliphatic heterocycles. The van der Waals surface area contributed by atoms with Crippen LogP contribution in [0.4, 0.5) is 40.0 Å². The second-order valence-electron chi connectivity index (χ2n) is 8.62. The molecule has 2 aromatic heterocycles. The van der Waals surface area contributed by atoms with Crippen molar-refractivity contribution in [1.82, 2.24) is 14.9 Å². The molecule has 0 aliphatic carbocycles. The van der Waals surface area contributed by atoms with Crippen LogP contribution in [0, 0.1) is 0 Å². The van der Waals surface area contributed by atoms with Crippen molar-refractivity contribution in [1.29, 1.82) is 0 Å². The minimum absolute atomic E-state index is 0.00254. The number of halogens is 3. The fraction of sp³-hybridized carbons (Fsp3) is 0.208. The maximum absolute atomic E-state index is 13.3. The number of pyridine rings is 2. The number of carbonyl (C=O) groups is 3. The van der Waals surface area contributed by atoms with Crippen molar-refractivity contribution in [3.05, 3.63) is 72.7 Å². The maximum atomic E-state index is 13.3. The smallest absolute Gasteiger partial charge is 0.305 e. The van der Waals surface area contributed by atoms with Gasteiger partial charge in [-0.2, -0.15) is 13.2 Å². The average Bonchev–Trinajstić information content (AvgIpc) is 3.03. The normalized spacial score (nSPS) is 15.1. The zero-order valence-corrected chi connectivity index (χ0v) is 21.7. The molecular weight excluding hydrogens is 541 g/mol. The number of nitrogens with one attached hydrogen (secondary N) is 1. The van der Waals surface area contributed by atoms with E-state index in [2.05, 4.69) is 28.1 Å². The van der Waals surface area contributed by atoms with E-state index in [0.29, 0.717) is 11.3 Å². The fourth-order valence-corrected chi connectivity index (χ4v) is 4.40. The van der Waals surface area contributed by atoms with Gasteiger partial charge in [0.25, 0.3) is 5.91 Å². The first-order valence-electron chi connectivity index (χ1n) is 11.0. The number of aromatic nitrogens is 2. The summed E-state index contributed by atoms with van der Waals surface area (Å²) >= 11 is 3.94. The fourth-order valence-electron chi connectivity index (χ4n) is 3.70. The first-order chi connectivity index (χ1) is 17.9. The molecule has 9 nitrogen and oxygen atoms in total. The Bertz CT molecular complexity index is 1360. The number of hydrogen-bond donors (Lipinski definition) is 2. The van der Waals surface area contributed by atoms with E-state index in [9.17, 15) is 27.6 Å². The molecule has 1 aliphatic rings. The molecule has 3 aromatic rings. The third kappa shape index (κ3) is 5.86. The SMILES string of the molecule is CC1(C)C(=O)N(c2ccc(SC(F)(F)F)cc2)C(=O)N1Cc1ccnc(N(S)C(=O)Nc2cccnc2)c1. The molecule has 1 N–H and O–H groups in total. The number of carbonyl (C=O) groups excluding carboxylic acids is 3. The second kappa shape index (κ2) is 10.5. The van der Waals surface area contributed by atoms with Crippen molar-refractivity contribution in [2.75, 3.05) is 14.5 Å². The number of benzene rings is 1. The van der Waals surface area contributed by atoms with Crippen LogP contribution in [0.15, 0.2) is 72.0 Å². The zero-order valence-electron chi connectivity index (χ0n) is 20.0. The average molecular weight is 563 g/mol. The monoisotopic (exact) mass is 562 g/mol. The minimum atomic E-state index is -4.45. The number of imide groups is 1. The molecule has 0 atom stereocenters. The minimum Gasteiger partial charge on any atom is -0.305 e. The number of thiol groups is 1. The summed E-state index contributed by atoms with van der Waals surface area (Å²) in [7, 11) is 0. The van der Waals surface area contributed by atoms with Crippen LogP contribution < -0.4 is 14.5 Å². The Hall–Kier alpha value is -3.78. The van der Waals surface area contributed by atoms with Gasteiger partial charge in [0.1, 0.15) is 11.4 Å². The zero-order chi connectivity index (χ0) is 27.7. The molecular formula is C24H21F3N6O3S2. The molecule has 0 bridgehead atoms. The van der Waals surface area contributed by atoms with Gasteiger partial charge in [-0.1, -0.05) is 12.8 Å². The lowest BCUT2D eigenvalue weighted by Gasteiger charge is -2.28. The lowest BCUT2D eigenvalue weighted by molar-refractivity contribution is -0.123. The van der Waals surface area contributed by atoms with Gasteiger partial charge >= 0.3 is 17.6 Å². The molecule has 198 valence electrons. The summed E-state index contributed by atoms with van der Waals surface area (Å²) in [5.74, 6) is -0.350. The molecule has 3 heterocycles. The van der Waals surface area contributed by atoms with Crippen LogP contribution in [0.25, 0.3) is 0 Å². The van der Waals surface area contributed by atoms with Crippen LogP contribution in [0.5, 0.6) is 0 Å². The highest BCUT2D eigenvalue weighted by molar-refractivity contribution is 8.00. The van der Waals surface area contributed by atoms with Crippen LogP contribution in [-0.4, -0.2) is 43.9 Å². The number of nitrogens with zero attached hydrogens (tertiary/aromatic N) is 5. The highest BCUT2D eigenvalue weighted by Crippen LogP contribution is 2.39. The van der Waals surface area contributed by atoms with Gasteiger partial charge in [-0.15, -0.1) is 0 Å². The van der Waals surface area contributed by atoms with Crippen molar-refractivity contribution in [3.63, 3.8) is 0 Å². The Morgan fingerprint density at radius 1 is 1.13 bits per heavy atom. The van der Waals surface area contributed by atoms with Gasteiger partial charge in [0, 0.05) is 23.8 Å². The van der Waals surface area contributed by atoms with Gasteiger partial charge in [-0.25, -0.2) is 23.8 Å². The highest BCUT2D eigenvalue weighted by Gasteiger charge is 2.51. The number of hydrogen-bond acceptors (Lipinski definition) is 7. The quantitative estimate of drug-likeness (QED) is 0.227. The Morgan fingerprint density at radius 2 is 1.84 bits per heavy atom. The van der Waals surface area contributed by atoms with E-state index in [4.69, 9.17) is 0 Å². The number of rotatable bonds is 6. The summed E-state index contributed by atoms with van der Waals surface area (Å²) in [5, 5.41) is 2.63. The van der Waals surface area contributed by atoms with Gasteiger partial charge in [-0.05, 0) is 79.7 Å². The van der Waals surface area contributed by atoms with Gasteiger partial charge < -0.3 is 10.2 Å². The molecule has 38 heavy (non-hydrogen) atoms. The molecule has 0 radical (unpaired) electrons. The summed E-state index contributed by atoms with van der Waals surface area (Å²) in [5.41, 5.74) is -4.52. The number of amides is 5. The van der Waals surface area contributed by atoms with E-state index in [1.54, 1.807) is 44.3 Å². The molecule has 1 aromatic carbocycles. The third-order valence-electron chi connectivity index (χ3n) is 5.62. The van der Waals surface area contributed by atoms with Crippen molar-refractivity contribution in [2.45, 2.75) is 36.3 Å². The molecule has 1 saturated heterocycles. The summed E-state index contributed by atoms with van der Waals surface area (Å²) in [6, 6.07) is 10.3. The van der Waals surface area contributed by atoms with Crippen LogP contribution in [0.3, 0.4) is 0 Å². The van der Waals surface area contributed by atoms with Crippen LogP contribution >= 0.6 is 24.6 Å². The number of thioether (sulfide) groups is 1. The van der Waals surface area contributed by atoms with E-state index in [1.807, 2.05) is 0 Å². The maximum Gasteiger partial charge on any atom is 0.446 e. The largest absolute Gasteiger partial charge is 0.446 e. The Morgan fingerprint density at radius 3 is 2.47 bits per heavy atom. The van der Waals surface area contributed by atoms with Crippen molar-refractivity contribution >= 4 is 59.7 Å². The van der Waals surface area contributed by atoms with Gasteiger partial charge in [0.05, 0.1) is 17.6 Å². The third-order valence-corrected chi connectivity index (χ3v) is 6.75. The lowest BCUT2D eigenvalue weighted by atomic mass is 10.0. The van der Waals surface area contributed by atoms with Crippen molar-refractivity contribution in [3.8, 4) is 0 Å². The Balaban J connectivity index is 1.51. The van der Waals surface area contributed by atoms with Crippen LogP contribution in [-0.2, 0) is 11.3 Å². The van der Waals surface area contributed by atoms with E-state index in [-0.39, 0.29) is 34.7 Å². The predicted octanol–water partition coefficient (Wildman–Crippen LogP) is 5.72. The van der Waals surface area contributed by atoms with Gasteiger partial charge in [0.15, 0.2) is 0 Å². The van der Waals surface area contributed by atoms with E-state index in [0.717, 1.165) is 9.21 Å². The topological polar surface area (TPSA) is 98.7 Å². The van der Waals surface area contributed by atoms with E-state index in [1.165, 1.54) is 41.6 Å². The number of anilines is 3. The Kier molecular flexibility index (Phi) is 7.56. The van der Waals surface area contributed by atoms with Crippen molar-refractivity contribution < 1.29 is 27.6 Å². The summed E-state index contributed by atoms with van der Waals surface area (Å²) in [4.78, 5) is 49.3. The molecule has 0 unspecified atom stereocenters. The molecule has 1 fully saturated rings. The molecule has 0 saturated carbocycles. The van der Waals surface area contributed by atoms with Gasteiger partial charge in [0.2, 0.25) is 0 Å². The van der Waals surface area contributed by atoms with E-state index >= 15 is 0 Å². The molecule has 5 amide bonds. The first kappa shape index (κ1) is 27.3. The van der Waals surface area contributed by atoms with Crippen LogP contribution in [0.1, 0.15) is 19.4 Å². The van der Waals surface area contributed by atoms with E-state index < -0.39 is 29.0 Å². The lowest BCUT2D eigenvalue weighted by Crippen LogP contribution is -2.43. The summed E-state index contributed by atoms with van der Waals surface area (Å²) < 4.78 is 38.9.